The minimum atomic E-state index is -0.0295. The van der Waals surface area contributed by atoms with Crippen LogP contribution in [0.25, 0.3) is 0 Å². The summed E-state index contributed by atoms with van der Waals surface area (Å²) < 4.78 is 0.811. The van der Waals surface area contributed by atoms with Gasteiger partial charge in [0.1, 0.15) is 0 Å². The summed E-state index contributed by atoms with van der Waals surface area (Å²) in [5.74, 6) is 0.321. The molecule has 1 aromatic heterocycles. The van der Waals surface area contributed by atoms with Gasteiger partial charge in [-0.15, -0.1) is 11.8 Å². The zero-order valence-electron chi connectivity index (χ0n) is 7.58. The van der Waals surface area contributed by atoms with Gasteiger partial charge in [-0.1, -0.05) is 0 Å². The van der Waals surface area contributed by atoms with Gasteiger partial charge in [-0.2, -0.15) is 0 Å². The Morgan fingerprint density at radius 2 is 2.43 bits per heavy atom. The second-order valence-electron chi connectivity index (χ2n) is 2.50. The van der Waals surface area contributed by atoms with Crippen LogP contribution < -0.4 is 11.1 Å². The van der Waals surface area contributed by atoms with Crippen molar-refractivity contribution < 1.29 is 4.79 Å². The molecule has 0 radical (unpaired) electrons. The predicted molar refractivity (Wildman–Crippen MR) is 61.1 cm³/mol. The Labute approximate surface area is 94.8 Å². The van der Waals surface area contributed by atoms with Gasteiger partial charge in [-0.05, 0) is 15.9 Å². The number of carbonyl (C=O) groups is 1. The largest absolute Gasteiger partial charge is 0.397 e. The highest BCUT2D eigenvalue weighted by atomic mass is 79.9. The molecule has 0 atom stereocenters. The van der Waals surface area contributed by atoms with Crippen LogP contribution in [0.15, 0.2) is 21.8 Å². The number of nitrogen functional groups attached to an aromatic ring is 1. The van der Waals surface area contributed by atoms with E-state index in [0.717, 1.165) is 9.37 Å². The fourth-order valence-electron chi connectivity index (χ4n) is 0.800. The van der Waals surface area contributed by atoms with Crippen LogP contribution in [-0.4, -0.2) is 23.7 Å². The summed E-state index contributed by atoms with van der Waals surface area (Å²) in [5.41, 5.74) is 6.28. The van der Waals surface area contributed by atoms with Crippen LogP contribution in [0.1, 0.15) is 0 Å². The van der Waals surface area contributed by atoms with E-state index in [0.29, 0.717) is 11.4 Å². The van der Waals surface area contributed by atoms with Crippen molar-refractivity contribution in [1.82, 2.24) is 10.3 Å². The van der Waals surface area contributed by atoms with Crippen LogP contribution in [0, 0.1) is 0 Å². The Hall–Kier alpha value is -0.750. The van der Waals surface area contributed by atoms with E-state index >= 15 is 0 Å². The Morgan fingerprint density at radius 3 is 3.00 bits per heavy atom. The van der Waals surface area contributed by atoms with Crippen molar-refractivity contribution >= 4 is 39.3 Å². The average Bonchev–Trinajstić information content (AvgIpc) is 2.16. The quantitative estimate of drug-likeness (QED) is 0.816. The Balaban J connectivity index is 2.71. The minimum absolute atomic E-state index is 0.0295. The van der Waals surface area contributed by atoms with Crippen molar-refractivity contribution in [3.63, 3.8) is 0 Å². The van der Waals surface area contributed by atoms with Crippen LogP contribution in [0.3, 0.4) is 0 Å². The Kier molecular flexibility index (Phi) is 4.21. The van der Waals surface area contributed by atoms with Gasteiger partial charge >= 0.3 is 0 Å². The van der Waals surface area contributed by atoms with Gasteiger partial charge in [0.05, 0.1) is 22.1 Å². The first-order chi connectivity index (χ1) is 6.65. The zero-order chi connectivity index (χ0) is 10.6. The third-order valence-corrected chi connectivity index (χ3v) is 3.52. The third-order valence-electron chi connectivity index (χ3n) is 1.51. The number of nitrogens with two attached hydrogens (primary N) is 1. The predicted octanol–water partition coefficient (Wildman–Crippen LogP) is 1.26. The molecule has 0 spiro atoms. The number of anilines is 1. The van der Waals surface area contributed by atoms with Crippen LogP contribution in [0.2, 0.25) is 0 Å². The lowest BCUT2D eigenvalue weighted by atomic mass is 10.4. The summed E-state index contributed by atoms with van der Waals surface area (Å²) in [4.78, 5) is 15.8. The lowest BCUT2D eigenvalue weighted by molar-refractivity contribution is -0.118. The number of nitrogens with one attached hydrogen (secondary N) is 1. The highest BCUT2D eigenvalue weighted by molar-refractivity contribution is 9.10. The molecule has 1 aromatic rings. The third kappa shape index (κ3) is 2.88. The van der Waals surface area contributed by atoms with E-state index < -0.39 is 0 Å². The second-order valence-corrected chi connectivity index (χ2v) is 4.34. The first-order valence-corrected chi connectivity index (χ1v) is 5.65. The van der Waals surface area contributed by atoms with Crippen molar-refractivity contribution in [1.29, 1.82) is 0 Å². The number of hydrogen-bond donors (Lipinski definition) is 2. The molecule has 0 aliphatic heterocycles. The number of hydrogen-bond acceptors (Lipinski definition) is 4. The fourth-order valence-corrected chi connectivity index (χ4v) is 2.32. The van der Waals surface area contributed by atoms with Crippen LogP contribution >= 0.6 is 27.7 Å². The van der Waals surface area contributed by atoms with Gasteiger partial charge in [-0.3, -0.25) is 9.78 Å². The molecule has 1 amide bonds. The molecule has 0 fully saturated rings. The van der Waals surface area contributed by atoms with E-state index in [1.165, 1.54) is 11.8 Å². The molecular weight excluding hydrogens is 266 g/mol. The van der Waals surface area contributed by atoms with Crippen molar-refractivity contribution in [2.45, 2.75) is 4.90 Å². The number of thioether (sulfide) groups is 1. The molecule has 0 unspecified atom stereocenters. The van der Waals surface area contributed by atoms with E-state index in [2.05, 4.69) is 26.2 Å². The smallest absolute Gasteiger partial charge is 0.230 e. The normalized spacial score (nSPS) is 9.86. The number of pyridine rings is 1. The van der Waals surface area contributed by atoms with Crippen LogP contribution in [-0.2, 0) is 4.79 Å². The summed E-state index contributed by atoms with van der Waals surface area (Å²) in [5, 5.41) is 2.54. The number of carbonyl (C=O) groups excluding carboxylic acids is 1. The summed E-state index contributed by atoms with van der Waals surface area (Å²) in [6.07, 6.45) is 3.22. The number of halogens is 1. The first-order valence-electron chi connectivity index (χ1n) is 3.87. The van der Waals surface area contributed by atoms with Crippen molar-refractivity contribution in [2.24, 2.45) is 0 Å². The van der Waals surface area contributed by atoms with E-state index in [9.17, 15) is 4.79 Å². The van der Waals surface area contributed by atoms with Gasteiger partial charge < -0.3 is 11.1 Å². The second kappa shape index (κ2) is 5.21. The number of amides is 1. The molecule has 4 nitrogen and oxygen atoms in total. The first kappa shape index (κ1) is 11.3. The maximum atomic E-state index is 11.0. The summed E-state index contributed by atoms with van der Waals surface area (Å²) >= 11 is 4.71. The number of nitrogens with zero attached hydrogens (tertiary/aromatic N) is 1. The molecule has 14 heavy (non-hydrogen) atoms. The van der Waals surface area contributed by atoms with Gasteiger partial charge in [0.2, 0.25) is 5.91 Å². The Morgan fingerprint density at radius 1 is 1.71 bits per heavy atom. The molecule has 0 bridgehead atoms. The van der Waals surface area contributed by atoms with Crippen molar-refractivity contribution in [3.8, 4) is 0 Å². The van der Waals surface area contributed by atoms with Gasteiger partial charge in [0.15, 0.2) is 0 Å². The molecule has 3 N–H and O–H groups in total. The maximum Gasteiger partial charge on any atom is 0.230 e. The fraction of sp³-hybridized carbons (Fsp3) is 0.250. The molecule has 0 saturated carbocycles. The lowest BCUT2D eigenvalue weighted by Gasteiger charge is -2.05. The van der Waals surface area contributed by atoms with Gasteiger partial charge in [-0.25, -0.2) is 0 Å². The van der Waals surface area contributed by atoms with E-state index in [1.807, 2.05) is 0 Å². The molecular formula is C8H10BrN3OS. The molecule has 0 saturated heterocycles. The SMILES string of the molecule is CNC(=O)CSc1c(N)cncc1Br. The maximum absolute atomic E-state index is 11.0. The van der Waals surface area contributed by atoms with Crippen LogP contribution in [0.4, 0.5) is 5.69 Å². The van der Waals surface area contributed by atoms with E-state index in [4.69, 9.17) is 5.73 Å². The van der Waals surface area contributed by atoms with Crippen molar-refractivity contribution in [3.05, 3.63) is 16.9 Å². The minimum Gasteiger partial charge on any atom is -0.397 e. The molecule has 0 aromatic carbocycles. The highest BCUT2D eigenvalue weighted by Crippen LogP contribution is 2.31. The summed E-state index contributed by atoms with van der Waals surface area (Å²) in [6.45, 7) is 0. The van der Waals surface area contributed by atoms with Crippen LogP contribution in [0.5, 0.6) is 0 Å². The van der Waals surface area contributed by atoms with E-state index in [1.54, 1.807) is 19.4 Å². The summed E-state index contributed by atoms with van der Waals surface area (Å²) in [6, 6.07) is 0. The number of rotatable bonds is 3. The lowest BCUT2D eigenvalue weighted by Crippen LogP contribution is -2.19. The van der Waals surface area contributed by atoms with Gasteiger partial charge in [0.25, 0.3) is 0 Å². The van der Waals surface area contributed by atoms with Crippen molar-refractivity contribution in [2.75, 3.05) is 18.5 Å². The molecule has 1 rings (SSSR count). The molecule has 6 heteroatoms. The Bertz CT molecular complexity index is 325. The topological polar surface area (TPSA) is 68.0 Å². The summed E-state index contributed by atoms with van der Waals surface area (Å²) in [7, 11) is 1.61. The number of aromatic nitrogens is 1. The molecule has 0 aliphatic carbocycles. The highest BCUT2D eigenvalue weighted by Gasteiger charge is 2.07. The van der Waals surface area contributed by atoms with Gasteiger partial charge in [0, 0.05) is 18.1 Å². The average molecular weight is 276 g/mol. The monoisotopic (exact) mass is 275 g/mol. The van der Waals surface area contributed by atoms with E-state index in [-0.39, 0.29) is 5.91 Å². The standard InChI is InChI=1S/C8H10BrN3OS/c1-11-7(13)4-14-8-5(9)2-12-3-6(8)10/h2-3H,4,10H2,1H3,(H,11,13). The molecule has 0 aliphatic rings. The zero-order valence-corrected chi connectivity index (χ0v) is 9.98. The molecule has 76 valence electrons. The molecule has 1 heterocycles.